The van der Waals surface area contributed by atoms with E-state index in [1.165, 1.54) is 11.3 Å². The molecule has 0 saturated heterocycles. The van der Waals surface area contributed by atoms with Gasteiger partial charge in [0.15, 0.2) is 5.13 Å². The van der Waals surface area contributed by atoms with Gasteiger partial charge in [-0.15, -0.1) is 11.3 Å². The summed E-state index contributed by atoms with van der Waals surface area (Å²) in [5.74, 6) is 0.606. The van der Waals surface area contributed by atoms with Crippen LogP contribution in [0.5, 0.6) is 5.75 Å². The third-order valence-electron chi connectivity index (χ3n) is 3.43. The Morgan fingerprint density at radius 1 is 1.17 bits per heavy atom. The molecule has 0 unspecified atom stereocenters. The van der Waals surface area contributed by atoms with Crippen LogP contribution >= 0.6 is 34.5 Å². The van der Waals surface area contributed by atoms with Gasteiger partial charge in [-0.05, 0) is 42.6 Å². The maximum Gasteiger partial charge on any atom is 0.222 e. The van der Waals surface area contributed by atoms with Crippen LogP contribution < -0.4 is 10.5 Å². The van der Waals surface area contributed by atoms with E-state index in [0.29, 0.717) is 15.9 Å². The highest BCUT2D eigenvalue weighted by molar-refractivity contribution is 7.15. The monoisotopic (exact) mass is 380 g/mol. The Balaban J connectivity index is 1.88. The third-order valence-corrected chi connectivity index (χ3v) is 4.87. The van der Waals surface area contributed by atoms with E-state index in [0.717, 1.165) is 34.7 Å². The van der Waals surface area contributed by atoms with Gasteiger partial charge in [0.2, 0.25) is 5.28 Å². The molecule has 0 aliphatic carbocycles. The molecule has 2 N–H and O–H groups in total. The summed E-state index contributed by atoms with van der Waals surface area (Å²) in [4.78, 5) is 13.6. The number of hydrogen-bond acceptors (Lipinski definition) is 6. The minimum Gasteiger partial charge on any atom is -0.495 e. The first-order valence-corrected chi connectivity index (χ1v) is 8.70. The van der Waals surface area contributed by atoms with E-state index in [1.807, 2.05) is 18.2 Å². The maximum atomic E-state index is 6.09. The summed E-state index contributed by atoms with van der Waals surface area (Å²) < 4.78 is 5.28. The van der Waals surface area contributed by atoms with Gasteiger partial charge in [-0.1, -0.05) is 17.7 Å². The molecule has 5 nitrogen and oxygen atoms in total. The van der Waals surface area contributed by atoms with E-state index in [-0.39, 0.29) is 5.28 Å². The van der Waals surface area contributed by atoms with Crippen LogP contribution in [-0.4, -0.2) is 22.1 Å². The molecule has 0 amide bonds. The highest BCUT2D eigenvalue weighted by atomic mass is 35.5. The normalized spacial score (nSPS) is 10.8. The Morgan fingerprint density at radius 3 is 2.75 bits per heavy atom. The van der Waals surface area contributed by atoms with Crippen LogP contribution in [0.3, 0.4) is 0 Å². The summed E-state index contributed by atoms with van der Waals surface area (Å²) in [6, 6.07) is 7.41. The number of methoxy groups -OCH3 is 1. The summed E-state index contributed by atoms with van der Waals surface area (Å²) in [5.41, 5.74) is 8.55. The van der Waals surface area contributed by atoms with E-state index < -0.39 is 0 Å². The predicted molar refractivity (Wildman–Crippen MR) is 98.0 cm³/mol. The lowest BCUT2D eigenvalue weighted by Crippen LogP contribution is -1.96. The second-order valence-corrected chi connectivity index (χ2v) is 6.85. The minimum absolute atomic E-state index is 0.249. The van der Waals surface area contributed by atoms with Crippen molar-refractivity contribution in [1.82, 2.24) is 15.0 Å². The van der Waals surface area contributed by atoms with Crippen molar-refractivity contribution in [1.29, 1.82) is 0 Å². The van der Waals surface area contributed by atoms with Crippen LogP contribution in [0.1, 0.15) is 10.6 Å². The van der Waals surface area contributed by atoms with E-state index >= 15 is 0 Å². The number of nitrogens with zero attached hydrogens (tertiary/aromatic N) is 3. The number of benzene rings is 1. The molecular weight excluding hydrogens is 367 g/mol. The van der Waals surface area contributed by atoms with Crippen molar-refractivity contribution in [3.8, 4) is 17.0 Å². The summed E-state index contributed by atoms with van der Waals surface area (Å²) >= 11 is 13.4. The number of rotatable bonds is 5. The van der Waals surface area contributed by atoms with Gasteiger partial charge in [-0.2, -0.15) is 0 Å². The van der Waals surface area contributed by atoms with Crippen LogP contribution in [0.2, 0.25) is 10.3 Å². The van der Waals surface area contributed by atoms with Crippen molar-refractivity contribution in [2.75, 3.05) is 12.8 Å². The maximum absolute atomic E-state index is 6.09. The summed E-state index contributed by atoms with van der Waals surface area (Å²) in [6.45, 7) is 0. The smallest absolute Gasteiger partial charge is 0.222 e. The molecule has 24 heavy (non-hydrogen) atoms. The van der Waals surface area contributed by atoms with Gasteiger partial charge >= 0.3 is 0 Å². The van der Waals surface area contributed by atoms with Crippen LogP contribution in [-0.2, 0) is 12.8 Å². The van der Waals surface area contributed by atoms with Gasteiger partial charge in [0.1, 0.15) is 5.75 Å². The Hall–Kier alpha value is -1.89. The van der Waals surface area contributed by atoms with Gasteiger partial charge in [-0.25, -0.2) is 15.0 Å². The summed E-state index contributed by atoms with van der Waals surface area (Å²) in [5, 5.41) is 1.33. The fourth-order valence-electron chi connectivity index (χ4n) is 2.32. The van der Waals surface area contributed by atoms with E-state index in [9.17, 15) is 0 Å². The average molecular weight is 381 g/mol. The van der Waals surface area contributed by atoms with Crippen molar-refractivity contribution in [3.05, 3.63) is 51.3 Å². The molecular formula is C16H14Cl2N4OS. The first-order valence-electron chi connectivity index (χ1n) is 7.13. The zero-order chi connectivity index (χ0) is 17.1. The number of nitrogen functional groups attached to an aromatic ring is 1. The first-order chi connectivity index (χ1) is 11.6. The molecule has 2 heterocycles. The molecule has 3 rings (SSSR count). The SMILES string of the molecule is COc1cc(-c2nc(N)sc2CCc2ccnc(Cl)n2)ccc1Cl. The highest BCUT2D eigenvalue weighted by Crippen LogP contribution is 2.35. The van der Waals surface area contributed by atoms with Crippen LogP contribution in [0.15, 0.2) is 30.5 Å². The van der Waals surface area contributed by atoms with Gasteiger partial charge < -0.3 is 10.5 Å². The van der Waals surface area contributed by atoms with Crippen molar-refractivity contribution in [2.24, 2.45) is 0 Å². The van der Waals surface area contributed by atoms with Gasteiger partial charge in [0.05, 0.1) is 17.8 Å². The number of hydrogen-bond donors (Lipinski definition) is 1. The Kier molecular flexibility index (Phi) is 5.18. The van der Waals surface area contributed by atoms with Crippen molar-refractivity contribution >= 4 is 39.7 Å². The highest BCUT2D eigenvalue weighted by Gasteiger charge is 2.14. The summed E-state index contributed by atoms with van der Waals surface area (Å²) in [6.07, 6.45) is 3.13. The number of aryl methyl sites for hydroxylation is 2. The number of anilines is 1. The molecule has 0 atom stereocenters. The van der Waals surface area contributed by atoms with Gasteiger partial charge in [-0.3, -0.25) is 0 Å². The second-order valence-electron chi connectivity index (χ2n) is 4.99. The number of nitrogens with two attached hydrogens (primary N) is 1. The van der Waals surface area contributed by atoms with Crippen LogP contribution in [0, 0.1) is 0 Å². The molecule has 8 heteroatoms. The molecule has 0 aliphatic rings. The summed E-state index contributed by atoms with van der Waals surface area (Å²) in [7, 11) is 1.58. The van der Waals surface area contributed by atoms with Crippen LogP contribution in [0.25, 0.3) is 11.3 Å². The number of thiazole rings is 1. The Labute approximate surface area is 153 Å². The lowest BCUT2D eigenvalue weighted by atomic mass is 10.1. The van der Waals surface area contributed by atoms with E-state index in [1.54, 1.807) is 19.4 Å². The fraction of sp³-hybridized carbons (Fsp3) is 0.188. The van der Waals surface area contributed by atoms with E-state index in [2.05, 4.69) is 15.0 Å². The Bertz CT molecular complexity index is 869. The molecule has 124 valence electrons. The van der Waals surface area contributed by atoms with Gasteiger partial charge in [0.25, 0.3) is 0 Å². The second kappa shape index (κ2) is 7.34. The van der Waals surface area contributed by atoms with Crippen molar-refractivity contribution < 1.29 is 4.74 Å². The molecule has 3 aromatic rings. The van der Waals surface area contributed by atoms with Crippen LogP contribution in [0.4, 0.5) is 5.13 Å². The lowest BCUT2D eigenvalue weighted by molar-refractivity contribution is 0.415. The molecule has 0 spiro atoms. The third kappa shape index (κ3) is 3.77. The number of ether oxygens (including phenoxy) is 1. The molecule has 0 bridgehead atoms. The minimum atomic E-state index is 0.249. The molecule has 0 aliphatic heterocycles. The molecule has 0 radical (unpaired) electrons. The standard InChI is InChI=1S/C16H14Cl2N4OS/c1-23-12-8-9(2-4-11(12)17)14-13(24-16(19)22-14)5-3-10-6-7-20-15(18)21-10/h2,4,6-8H,3,5H2,1H3,(H2,19,22). The first kappa shape index (κ1) is 17.0. The van der Waals surface area contributed by atoms with Crippen molar-refractivity contribution in [2.45, 2.75) is 12.8 Å². The average Bonchev–Trinajstić information content (AvgIpc) is 2.94. The Morgan fingerprint density at radius 2 is 2.00 bits per heavy atom. The van der Waals surface area contributed by atoms with Gasteiger partial charge in [0, 0.05) is 22.3 Å². The van der Waals surface area contributed by atoms with E-state index in [4.69, 9.17) is 33.7 Å². The zero-order valence-corrected chi connectivity index (χ0v) is 15.1. The quantitative estimate of drug-likeness (QED) is 0.668. The molecule has 0 fully saturated rings. The fourth-order valence-corrected chi connectivity index (χ4v) is 3.54. The zero-order valence-electron chi connectivity index (χ0n) is 12.8. The predicted octanol–water partition coefficient (Wildman–Crippen LogP) is 4.28. The number of halogens is 2. The molecule has 0 saturated carbocycles. The molecule has 2 aromatic heterocycles. The van der Waals surface area contributed by atoms with Crippen molar-refractivity contribution in [3.63, 3.8) is 0 Å². The topological polar surface area (TPSA) is 73.9 Å². The largest absolute Gasteiger partial charge is 0.495 e. The number of aromatic nitrogens is 3. The lowest BCUT2D eigenvalue weighted by Gasteiger charge is -2.07. The molecule has 1 aromatic carbocycles.